The zero-order valence-corrected chi connectivity index (χ0v) is 11.0. The topological polar surface area (TPSA) is 121 Å². The molecular formula is C10H11N5O3S. The highest BCUT2D eigenvalue weighted by atomic mass is 32.1. The standard InChI is InChI=1S/C10H11N5O3S/c1-4(8-11-3-12-15-8)13-10-14-6(9(17)18)7(19-10)5(2)16/h3-4H,1-2H3,(H,13,14)(H,17,18)(H,11,12,15). The summed E-state index contributed by atoms with van der Waals surface area (Å²) in [6.45, 7) is 3.12. The van der Waals surface area contributed by atoms with Crippen LogP contribution in [-0.4, -0.2) is 37.0 Å². The highest BCUT2D eigenvalue weighted by Crippen LogP contribution is 2.26. The first-order chi connectivity index (χ1) is 8.99. The fourth-order valence-corrected chi connectivity index (χ4v) is 2.38. The third-order valence-electron chi connectivity index (χ3n) is 2.33. The smallest absolute Gasteiger partial charge is 0.356 e. The number of H-pyrrole nitrogens is 1. The maximum absolute atomic E-state index is 11.3. The lowest BCUT2D eigenvalue weighted by Crippen LogP contribution is -2.09. The van der Waals surface area contributed by atoms with Crippen LogP contribution in [0.2, 0.25) is 0 Å². The molecule has 0 spiro atoms. The fraction of sp³-hybridized carbons (Fsp3) is 0.300. The molecule has 0 radical (unpaired) electrons. The molecule has 0 aliphatic carbocycles. The van der Waals surface area contributed by atoms with E-state index in [0.717, 1.165) is 11.3 Å². The van der Waals surface area contributed by atoms with E-state index in [1.165, 1.54) is 13.3 Å². The highest BCUT2D eigenvalue weighted by Gasteiger charge is 2.21. The number of nitrogens with one attached hydrogen (secondary N) is 2. The molecule has 0 aliphatic rings. The van der Waals surface area contributed by atoms with Crippen LogP contribution in [0.5, 0.6) is 0 Å². The van der Waals surface area contributed by atoms with Crippen LogP contribution in [-0.2, 0) is 0 Å². The van der Waals surface area contributed by atoms with Crippen molar-refractivity contribution in [1.82, 2.24) is 20.2 Å². The Bertz CT molecular complexity index is 575. The van der Waals surface area contributed by atoms with Gasteiger partial charge in [0.05, 0.1) is 6.04 Å². The van der Waals surface area contributed by atoms with E-state index >= 15 is 0 Å². The lowest BCUT2D eigenvalue weighted by atomic mass is 10.3. The summed E-state index contributed by atoms with van der Waals surface area (Å²) in [5.41, 5.74) is -0.232. The first kappa shape index (κ1) is 13.1. The number of aromatic amines is 1. The van der Waals surface area contributed by atoms with Crippen molar-refractivity contribution in [2.75, 3.05) is 5.32 Å². The molecule has 1 atom stereocenters. The van der Waals surface area contributed by atoms with Gasteiger partial charge in [0, 0.05) is 6.92 Å². The third-order valence-corrected chi connectivity index (χ3v) is 3.42. The van der Waals surface area contributed by atoms with Crippen molar-refractivity contribution in [3.8, 4) is 0 Å². The van der Waals surface area contributed by atoms with Gasteiger partial charge in [-0.1, -0.05) is 11.3 Å². The number of hydrogen-bond donors (Lipinski definition) is 3. The van der Waals surface area contributed by atoms with E-state index in [1.54, 1.807) is 0 Å². The Kier molecular flexibility index (Phi) is 3.56. The minimum Gasteiger partial charge on any atom is -0.476 e. The van der Waals surface area contributed by atoms with Gasteiger partial charge in [0.2, 0.25) is 0 Å². The lowest BCUT2D eigenvalue weighted by molar-refractivity contribution is 0.0687. The van der Waals surface area contributed by atoms with Crippen molar-refractivity contribution >= 4 is 28.2 Å². The Morgan fingerprint density at radius 2 is 2.26 bits per heavy atom. The van der Waals surface area contributed by atoms with Crippen LogP contribution in [0, 0.1) is 0 Å². The summed E-state index contributed by atoms with van der Waals surface area (Å²) in [4.78, 5) is 30.3. The van der Waals surface area contributed by atoms with Crippen molar-refractivity contribution in [2.24, 2.45) is 0 Å². The maximum atomic E-state index is 11.3. The summed E-state index contributed by atoms with van der Waals surface area (Å²) in [6.07, 6.45) is 1.37. The van der Waals surface area contributed by atoms with E-state index in [0.29, 0.717) is 11.0 Å². The zero-order valence-electron chi connectivity index (χ0n) is 10.2. The van der Waals surface area contributed by atoms with Crippen LogP contribution in [0.4, 0.5) is 5.13 Å². The van der Waals surface area contributed by atoms with E-state index < -0.39 is 5.97 Å². The molecule has 2 heterocycles. The van der Waals surface area contributed by atoms with Gasteiger partial charge in [0.1, 0.15) is 17.0 Å². The van der Waals surface area contributed by atoms with Crippen LogP contribution >= 0.6 is 11.3 Å². The molecule has 0 saturated carbocycles. The van der Waals surface area contributed by atoms with Gasteiger partial charge in [-0.15, -0.1) is 0 Å². The molecule has 2 aromatic rings. The number of carboxylic acids is 1. The van der Waals surface area contributed by atoms with Crippen LogP contribution in [0.15, 0.2) is 6.33 Å². The number of thiazole rings is 1. The average molecular weight is 281 g/mol. The molecule has 1 unspecified atom stereocenters. The summed E-state index contributed by atoms with van der Waals surface area (Å²) in [6, 6.07) is -0.227. The number of Topliss-reactive ketones (excluding diaryl/α,β-unsaturated/α-hetero) is 1. The molecule has 0 aliphatic heterocycles. The van der Waals surface area contributed by atoms with E-state index in [4.69, 9.17) is 5.11 Å². The molecule has 0 aromatic carbocycles. The summed E-state index contributed by atoms with van der Waals surface area (Å²) in [7, 11) is 0. The second-order valence-electron chi connectivity index (χ2n) is 3.79. The van der Waals surface area contributed by atoms with Gasteiger partial charge in [-0.2, -0.15) is 5.10 Å². The molecule has 19 heavy (non-hydrogen) atoms. The molecule has 0 bridgehead atoms. The number of carbonyl (C=O) groups excluding carboxylic acids is 1. The number of aromatic carboxylic acids is 1. The molecule has 8 nitrogen and oxygen atoms in total. The van der Waals surface area contributed by atoms with Gasteiger partial charge in [0.25, 0.3) is 0 Å². The van der Waals surface area contributed by atoms with Crippen LogP contribution in [0.1, 0.15) is 45.9 Å². The quantitative estimate of drug-likeness (QED) is 0.707. The minimum absolute atomic E-state index is 0.125. The zero-order chi connectivity index (χ0) is 14.0. The number of ketones is 1. The fourth-order valence-electron chi connectivity index (χ4n) is 1.44. The number of nitrogens with zero attached hydrogens (tertiary/aromatic N) is 3. The molecule has 0 saturated heterocycles. The molecule has 2 rings (SSSR count). The van der Waals surface area contributed by atoms with Crippen molar-refractivity contribution < 1.29 is 14.7 Å². The van der Waals surface area contributed by atoms with Gasteiger partial charge in [-0.25, -0.2) is 14.8 Å². The number of rotatable bonds is 5. The van der Waals surface area contributed by atoms with E-state index in [1.807, 2.05) is 6.92 Å². The van der Waals surface area contributed by atoms with Gasteiger partial charge in [-0.05, 0) is 6.92 Å². The maximum Gasteiger partial charge on any atom is 0.356 e. The monoisotopic (exact) mass is 281 g/mol. The first-order valence-electron chi connectivity index (χ1n) is 5.36. The normalized spacial score (nSPS) is 12.1. The van der Waals surface area contributed by atoms with Gasteiger partial charge in [0.15, 0.2) is 16.6 Å². The van der Waals surface area contributed by atoms with Crippen molar-refractivity contribution in [2.45, 2.75) is 19.9 Å². The minimum atomic E-state index is -1.22. The molecule has 0 fully saturated rings. The summed E-state index contributed by atoms with van der Waals surface area (Å²) in [5.74, 6) is -0.950. The SMILES string of the molecule is CC(=O)c1sc(NC(C)c2ncn[nH]2)nc1C(=O)O. The van der Waals surface area contributed by atoms with Crippen molar-refractivity contribution in [1.29, 1.82) is 0 Å². The van der Waals surface area contributed by atoms with Gasteiger partial charge in [-0.3, -0.25) is 9.89 Å². The van der Waals surface area contributed by atoms with Crippen molar-refractivity contribution in [3.63, 3.8) is 0 Å². The second kappa shape index (κ2) is 5.14. The second-order valence-corrected chi connectivity index (χ2v) is 4.79. The predicted molar refractivity (Wildman–Crippen MR) is 67.5 cm³/mol. The van der Waals surface area contributed by atoms with Crippen LogP contribution < -0.4 is 5.32 Å². The average Bonchev–Trinajstić information content (AvgIpc) is 2.97. The van der Waals surface area contributed by atoms with E-state index in [-0.39, 0.29) is 22.4 Å². The Morgan fingerprint density at radius 1 is 1.53 bits per heavy atom. The molecule has 2 aromatic heterocycles. The summed E-state index contributed by atoms with van der Waals surface area (Å²) < 4.78 is 0. The van der Waals surface area contributed by atoms with Crippen LogP contribution in [0.25, 0.3) is 0 Å². The summed E-state index contributed by atoms with van der Waals surface area (Å²) >= 11 is 1.01. The van der Waals surface area contributed by atoms with Crippen molar-refractivity contribution in [3.05, 3.63) is 22.7 Å². The molecule has 0 amide bonds. The molecule has 9 heteroatoms. The number of carbonyl (C=O) groups is 2. The van der Waals surface area contributed by atoms with Gasteiger partial charge < -0.3 is 10.4 Å². The molecule has 3 N–H and O–H groups in total. The Labute approximate surface area is 111 Å². The Balaban J connectivity index is 2.24. The highest BCUT2D eigenvalue weighted by molar-refractivity contribution is 7.17. The first-order valence-corrected chi connectivity index (χ1v) is 6.17. The lowest BCUT2D eigenvalue weighted by Gasteiger charge is -2.08. The number of carboxylic acid groups (broad SMARTS) is 1. The largest absolute Gasteiger partial charge is 0.476 e. The Hall–Kier alpha value is -2.29. The number of anilines is 1. The predicted octanol–water partition coefficient (Wildman–Crippen LogP) is 1.34. The molecular weight excluding hydrogens is 270 g/mol. The third kappa shape index (κ3) is 2.76. The van der Waals surface area contributed by atoms with E-state index in [2.05, 4.69) is 25.5 Å². The van der Waals surface area contributed by atoms with Gasteiger partial charge >= 0.3 is 5.97 Å². The summed E-state index contributed by atoms with van der Waals surface area (Å²) in [5, 5.41) is 18.7. The van der Waals surface area contributed by atoms with Crippen LogP contribution in [0.3, 0.4) is 0 Å². The number of aromatic nitrogens is 4. The Morgan fingerprint density at radius 3 is 2.74 bits per heavy atom. The number of hydrogen-bond acceptors (Lipinski definition) is 7. The van der Waals surface area contributed by atoms with E-state index in [9.17, 15) is 9.59 Å². The molecule has 100 valence electrons.